The standard InChI is InChI=1S/C13H18F3N3O2S/c1-19(2)10-4-3-9(7-10)18-22(20,21)11-5-6-12(17-8-11)13(14,15)16/h5-6,8-10,18H,3-4,7H2,1-2H3/t9-,10+/m0/s1. The number of aromatic nitrogens is 1. The lowest BCUT2D eigenvalue weighted by atomic mass is 10.2. The lowest BCUT2D eigenvalue weighted by molar-refractivity contribution is -0.141. The molecule has 0 aliphatic heterocycles. The summed E-state index contributed by atoms with van der Waals surface area (Å²) < 4.78 is 64.2. The Labute approximate surface area is 127 Å². The first-order chi connectivity index (χ1) is 10.1. The number of rotatable bonds is 4. The van der Waals surface area contributed by atoms with Crippen LogP contribution in [0.1, 0.15) is 25.0 Å². The van der Waals surface area contributed by atoms with Crippen molar-refractivity contribution in [2.75, 3.05) is 14.1 Å². The third-order valence-corrected chi connectivity index (χ3v) is 5.30. The Morgan fingerprint density at radius 3 is 2.41 bits per heavy atom. The molecule has 1 aromatic heterocycles. The highest BCUT2D eigenvalue weighted by molar-refractivity contribution is 7.89. The van der Waals surface area contributed by atoms with Gasteiger partial charge in [0, 0.05) is 18.3 Å². The molecule has 22 heavy (non-hydrogen) atoms. The molecular weight excluding hydrogens is 319 g/mol. The number of nitrogens with zero attached hydrogens (tertiary/aromatic N) is 2. The predicted molar refractivity (Wildman–Crippen MR) is 74.7 cm³/mol. The Hall–Kier alpha value is -1.19. The first-order valence-corrected chi connectivity index (χ1v) is 8.30. The van der Waals surface area contributed by atoms with Gasteiger partial charge < -0.3 is 4.90 Å². The van der Waals surface area contributed by atoms with Gasteiger partial charge in [0.05, 0.1) is 0 Å². The molecular formula is C13H18F3N3O2S. The molecule has 0 bridgehead atoms. The van der Waals surface area contributed by atoms with E-state index in [1.54, 1.807) is 0 Å². The molecule has 1 saturated carbocycles. The number of hydrogen-bond acceptors (Lipinski definition) is 4. The lowest BCUT2D eigenvalue weighted by Crippen LogP contribution is -2.35. The first-order valence-electron chi connectivity index (χ1n) is 6.81. The third kappa shape index (κ3) is 3.96. The molecule has 2 rings (SSSR count). The molecule has 0 saturated heterocycles. The maximum atomic E-state index is 12.4. The predicted octanol–water partition coefficient (Wildman–Crippen LogP) is 1.86. The summed E-state index contributed by atoms with van der Waals surface area (Å²) in [5.41, 5.74) is -1.11. The van der Waals surface area contributed by atoms with Crippen molar-refractivity contribution in [3.63, 3.8) is 0 Å². The zero-order valence-corrected chi connectivity index (χ0v) is 13.1. The van der Waals surface area contributed by atoms with Crippen LogP contribution in [0.15, 0.2) is 23.2 Å². The number of hydrogen-bond donors (Lipinski definition) is 1. The Balaban J connectivity index is 2.08. The Kier molecular flexibility index (Phi) is 4.78. The van der Waals surface area contributed by atoms with Gasteiger partial charge in [0.2, 0.25) is 10.0 Å². The molecule has 1 fully saturated rings. The lowest BCUT2D eigenvalue weighted by Gasteiger charge is -2.19. The van der Waals surface area contributed by atoms with Gasteiger partial charge in [0.15, 0.2) is 0 Å². The molecule has 1 aliphatic carbocycles. The Bertz CT molecular complexity index is 614. The fourth-order valence-electron chi connectivity index (χ4n) is 2.53. The van der Waals surface area contributed by atoms with Crippen molar-refractivity contribution in [1.29, 1.82) is 0 Å². The summed E-state index contributed by atoms with van der Waals surface area (Å²) in [7, 11) is 0.0103. The fraction of sp³-hybridized carbons (Fsp3) is 0.615. The van der Waals surface area contributed by atoms with Crippen LogP contribution in [-0.4, -0.2) is 44.5 Å². The smallest absolute Gasteiger partial charge is 0.306 e. The second kappa shape index (κ2) is 6.13. The van der Waals surface area contributed by atoms with Crippen LogP contribution >= 0.6 is 0 Å². The number of halogens is 3. The maximum absolute atomic E-state index is 12.4. The highest BCUT2D eigenvalue weighted by Crippen LogP contribution is 2.28. The summed E-state index contributed by atoms with van der Waals surface area (Å²) in [5, 5.41) is 0. The van der Waals surface area contributed by atoms with Crippen molar-refractivity contribution in [1.82, 2.24) is 14.6 Å². The summed E-state index contributed by atoms with van der Waals surface area (Å²) >= 11 is 0. The topological polar surface area (TPSA) is 62.3 Å². The molecule has 9 heteroatoms. The minimum atomic E-state index is -4.58. The summed E-state index contributed by atoms with van der Waals surface area (Å²) in [5.74, 6) is 0. The average molecular weight is 337 g/mol. The average Bonchev–Trinajstić information content (AvgIpc) is 2.86. The van der Waals surface area contributed by atoms with E-state index >= 15 is 0 Å². The number of pyridine rings is 1. The summed E-state index contributed by atoms with van der Waals surface area (Å²) in [6.45, 7) is 0. The van der Waals surface area contributed by atoms with E-state index in [9.17, 15) is 21.6 Å². The molecule has 1 aromatic rings. The highest BCUT2D eigenvalue weighted by atomic mass is 32.2. The second-order valence-corrected chi connectivity index (χ2v) is 7.34. The van der Waals surface area contributed by atoms with Gasteiger partial charge in [-0.15, -0.1) is 0 Å². The SMILES string of the molecule is CN(C)[C@@H]1CC[C@H](NS(=O)(=O)c2ccc(C(F)(F)F)nc2)C1. The number of alkyl halides is 3. The summed E-state index contributed by atoms with van der Waals surface area (Å²) in [4.78, 5) is 4.96. The Morgan fingerprint density at radius 2 is 1.95 bits per heavy atom. The van der Waals surface area contributed by atoms with E-state index in [4.69, 9.17) is 0 Å². The second-order valence-electron chi connectivity index (χ2n) is 5.63. The third-order valence-electron chi connectivity index (χ3n) is 3.79. The van der Waals surface area contributed by atoms with Crippen molar-refractivity contribution in [2.45, 2.75) is 42.4 Å². The summed E-state index contributed by atoms with van der Waals surface area (Å²) in [6.07, 6.45) is -1.58. The fourth-order valence-corrected chi connectivity index (χ4v) is 3.76. The molecule has 0 radical (unpaired) electrons. The van der Waals surface area contributed by atoms with Crippen molar-refractivity contribution >= 4 is 10.0 Å². The van der Waals surface area contributed by atoms with Crippen molar-refractivity contribution < 1.29 is 21.6 Å². The van der Waals surface area contributed by atoms with E-state index in [2.05, 4.69) is 9.71 Å². The van der Waals surface area contributed by atoms with E-state index in [1.165, 1.54) is 0 Å². The molecule has 1 N–H and O–H groups in total. The molecule has 124 valence electrons. The van der Waals surface area contributed by atoms with Gasteiger partial charge in [-0.05, 0) is 45.5 Å². The van der Waals surface area contributed by atoms with Crippen LogP contribution in [0, 0.1) is 0 Å². The van der Waals surface area contributed by atoms with E-state index in [1.807, 2.05) is 19.0 Å². The zero-order chi connectivity index (χ0) is 16.5. The van der Waals surface area contributed by atoms with Crippen LogP contribution in [0.2, 0.25) is 0 Å². The first kappa shape index (κ1) is 17.2. The summed E-state index contributed by atoms with van der Waals surface area (Å²) in [6, 6.07) is 1.70. The molecule has 0 aromatic carbocycles. The van der Waals surface area contributed by atoms with Crippen LogP contribution < -0.4 is 4.72 Å². The van der Waals surface area contributed by atoms with Crippen LogP contribution in [0.5, 0.6) is 0 Å². The molecule has 5 nitrogen and oxygen atoms in total. The maximum Gasteiger partial charge on any atom is 0.433 e. The minimum absolute atomic E-state index is 0.209. The van der Waals surface area contributed by atoms with E-state index in [0.717, 1.165) is 18.7 Å². The normalized spacial score (nSPS) is 23.2. The molecule has 0 spiro atoms. The monoisotopic (exact) mass is 337 g/mol. The Morgan fingerprint density at radius 1 is 1.27 bits per heavy atom. The van der Waals surface area contributed by atoms with Gasteiger partial charge in [0.25, 0.3) is 0 Å². The van der Waals surface area contributed by atoms with Crippen molar-refractivity contribution in [3.8, 4) is 0 Å². The van der Waals surface area contributed by atoms with Gasteiger partial charge >= 0.3 is 6.18 Å². The van der Waals surface area contributed by atoms with Crippen LogP contribution in [-0.2, 0) is 16.2 Å². The largest absolute Gasteiger partial charge is 0.433 e. The quantitative estimate of drug-likeness (QED) is 0.911. The van der Waals surface area contributed by atoms with Gasteiger partial charge in [-0.1, -0.05) is 0 Å². The molecule has 1 heterocycles. The van der Waals surface area contributed by atoms with E-state index < -0.39 is 21.9 Å². The minimum Gasteiger partial charge on any atom is -0.306 e. The van der Waals surface area contributed by atoms with Gasteiger partial charge in [0.1, 0.15) is 10.6 Å². The zero-order valence-electron chi connectivity index (χ0n) is 12.3. The number of sulfonamides is 1. The molecule has 1 aliphatic rings. The number of nitrogens with one attached hydrogen (secondary N) is 1. The molecule has 2 atom stereocenters. The van der Waals surface area contributed by atoms with Gasteiger partial charge in [-0.3, -0.25) is 4.98 Å². The molecule has 0 unspecified atom stereocenters. The van der Waals surface area contributed by atoms with Gasteiger partial charge in [-0.25, -0.2) is 13.1 Å². The van der Waals surface area contributed by atoms with Crippen LogP contribution in [0.25, 0.3) is 0 Å². The molecule has 0 amide bonds. The van der Waals surface area contributed by atoms with E-state index in [0.29, 0.717) is 24.9 Å². The van der Waals surface area contributed by atoms with Crippen molar-refractivity contribution in [2.24, 2.45) is 0 Å². The van der Waals surface area contributed by atoms with Crippen molar-refractivity contribution in [3.05, 3.63) is 24.0 Å². The highest BCUT2D eigenvalue weighted by Gasteiger charge is 2.33. The van der Waals surface area contributed by atoms with E-state index in [-0.39, 0.29) is 10.9 Å². The van der Waals surface area contributed by atoms with Crippen LogP contribution in [0.4, 0.5) is 13.2 Å². The van der Waals surface area contributed by atoms with Crippen LogP contribution in [0.3, 0.4) is 0 Å². The van der Waals surface area contributed by atoms with Gasteiger partial charge in [-0.2, -0.15) is 13.2 Å².